The van der Waals surface area contributed by atoms with Crippen LogP contribution in [0.3, 0.4) is 0 Å². The van der Waals surface area contributed by atoms with Gasteiger partial charge in [-0.2, -0.15) is 5.10 Å². The molecule has 3 aromatic rings. The minimum absolute atomic E-state index is 0.0430. The third kappa shape index (κ3) is 5.37. The Balaban J connectivity index is 1.30. The quantitative estimate of drug-likeness (QED) is 0.611. The van der Waals surface area contributed by atoms with Gasteiger partial charge in [-0.25, -0.2) is 4.68 Å². The topological polar surface area (TPSA) is 62.6 Å². The van der Waals surface area contributed by atoms with Crippen LogP contribution in [0.4, 0.5) is 11.5 Å². The van der Waals surface area contributed by atoms with Crippen molar-refractivity contribution in [3.05, 3.63) is 71.4 Å². The number of hydrogen-bond acceptors (Lipinski definition) is 5. The average Bonchev–Trinajstić information content (AvgIpc) is 3.20. The van der Waals surface area contributed by atoms with Crippen molar-refractivity contribution in [2.24, 2.45) is 0 Å². The number of nitrogens with zero attached hydrogens (tertiary/aromatic N) is 4. The number of benzene rings is 2. The van der Waals surface area contributed by atoms with Gasteiger partial charge in [0.05, 0.1) is 32.1 Å². The first kappa shape index (κ1) is 21.2. The summed E-state index contributed by atoms with van der Waals surface area (Å²) in [4.78, 5) is 17.1. The molecule has 0 atom stereocenters. The zero-order valence-electron chi connectivity index (χ0n) is 17.5. The first-order chi connectivity index (χ1) is 15.1. The molecule has 2 heterocycles. The second-order valence-corrected chi connectivity index (χ2v) is 7.92. The number of amides is 1. The number of carbonyl (C=O) groups is 1. The van der Waals surface area contributed by atoms with Crippen LogP contribution in [0.5, 0.6) is 5.75 Å². The Hall–Kier alpha value is -3.03. The summed E-state index contributed by atoms with van der Waals surface area (Å²) in [5.41, 5.74) is 2.12. The molecule has 7 nitrogen and oxygen atoms in total. The molecule has 0 spiro atoms. The monoisotopic (exact) mass is 439 g/mol. The van der Waals surface area contributed by atoms with Gasteiger partial charge in [0.1, 0.15) is 11.6 Å². The Morgan fingerprint density at radius 2 is 1.90 bits per heavy atom. The summed E-state index contributed by atoms with van der Waals surface area (Å²) in [7, 11) is 1.69. The van der Waals surface area contributed by atoms with E-state index in [1.54, 1.807) is 18.0 Å². The average molecular weight is 440 g/mol. The maximum Gasteiger partial charge on any atom is 0.239 e. The Bertz CT molecular complexity index is 1030. The van der Waals surface area contributed by atoms with Gasteiger partial charge in [0.25, 0.3) is 0 Å². The molecule has 31 heavy (non-hydrogen) atoms. The van der Waals surface area contributed by atoms with Gasteiger partial charge in [-0.05, 0) is 29.8 Å². The first-order valence-electron chi connectivity index (χ1n) is 10.3. The summed E-state index contributed by atoms with van der Waals surface area (Å²) in [5.74, 6) is 1.51. The molecule has 0 unspecified atom stereocenters. The maximum atomic E-state index is 12.6. The summed E-state index contributed by atoms with van der Waals surface area (Å²) in [6.45, 7) is 4.21. The van der Waals surface area contributed by atoms with Crippen LogP contribution in [0.15, 0.2) is 60.8 Å². The lowest BCUT2D eigenvalue weighted by atomic mass is 10.2. The van der Waals surface area contributed by atoms with Crippen LogP contribution >= 0.6 is 11.6 Å². The van der Waals surface area contributed by atoms with E-state index in [0.717, 1.165) is 43.2 Å². The Morgan fingerprint density at radius 1 is 1.10 bits per heavy atom. The van der Waals surface area contributed by atoms with Gasteiger partial charge in [-0.3, -0.25) is 9.69 Å². The SMILES string of the molecule is COc1ccccc1N1CCN(CC(=O)Nc2ccnn2Cc2cccc(Cl)c2)CC1. The van der Waals surface area contributed by atoms with Crippen molar-refractivity contribution < 1.29 is 9.53 Å². The van der Waals surface area contributed by atoms with Crippen LogP contribution in [0.1, 0.15) is 5.56 Å². The van der Waals surface area contributed by atoms with E-state index < -0.39 is 0 Å². The van der Waals surface area contributed by atoms with E-state index >= 15 is 0 Å². The Kier molecular flexibility index (Phi) is 6.74. The number of para-hydroxylation sites is 2. The van der Waals surface area contributed by atoms with Gasteiger partial charge < -0.3 is 15.0 Å². The van der Waals surface area contributed by atoms with Crippen LogP contribution in [-0.4, -0.2) is 60.4 Å². The molecule has 0 bridgehead atoms. The number of ether oxygens (including phenoxy) is 1. The lowest BCUT2D eigenvalue weighted by Gasteiger charge is -2.36. The zero-order valence-corrected chi connectivity index (χ0v) is 18.3. The van der Waals surface area contributed by atoms with Crippen molar-refractivity contribution in [1.82, 2.24) is 14.7 Å². The van der Waals surface area contributed by atoms with Crippen LogP contribution in [0.2, 0.25) is 5.02 Å². The van der Waals surface area contributed by atoms with E-state index in [4.69, 9.17) is 16.3 Å². The fourth-order valence-corrected chi connectivity index (χ4v) is 4.01. The summed E-state index contributed by atoms with van der Waals surface area (Å²) in [6.07, 6.45) is 1.69. The first-order valence-corrected chi connectivity index (χ1v) is 10.7. The van der Waals surface area contributed by atoms with Gasteiger partial charge >= 0.3 is 0 Å². The highest BCUT2D eigenvalue weighted by atomic mass is 35.5. The molecule has 1 fully saturated rings. The molecule has 1 aliphatic heterocycles. The predicted octanol–water partition coefficient (Wildman–Crippen LogP) is 3.35. The van der Waals surface area contributed by atoms with E-state index in [-0.39, 0.29) is 5.91 Å². The fourth-order valence-electron chi connectivity index (χ4n) is 3.80. The number of hydrogen-bond donors (Lipinski definition) is 1. The molecule has 2 aromatic carbocycles. The number of anilines is 2. The zero-order chi connectivity index (χ0) is 21.6. The van der Waals surface area contributed by atoms with Gasteiger partial charge in [0.15, 0.2) is 0 Å². The molecule has 1 aromatic heterocycles. The summed E-state index contributed by atoms with van der Waals surface area (Å²) < 4.78 is 7.24. The molecule has 4 rings (SSSR count). The largest absolute Gasteiger partial charge is 0.495 e. The number of halogens is 1. The number of piperazine rings is 1. The minimum atomic E-state index is -0.0430. The maximum absolute atomic E-state index is 12.6. The molecule has 1 N–H and O–H groups in total. The van der Waals surface area contributed by atoms with Gasteiger partial charge in [0.2, 0.25) is 5.91 Å². The molecule has 0 saturated carbocycles. The fraction of sp³-hybridized carbons (Fsp3) is 0.304. The number of nitrogens with one attached hydrogen (secondary N) is 1. The minimum Gasteiger partial charge on any atom is -0.495 e. The van der Waals surface area contributed by atoms with E-state index in [2.05, 4.69) is 26.3 Å². The lowest BCUT2D eigenvalue weighted by molar-refractivity contribution is -0.117. The lowest BCUT2D eigenvalue weighted by Crippen LogP contribution is -2.48. The molecular weight excluding hydrogens is 414 g/mol. The van der Waals surface area contributed by atoms with Crippen molar-refractivity contribution in [2.75, 3.05) is 50.1 Å². The highest BCUT2D eigenvalue weighted by Crippen LogP contribution is 2.28. The van der Waals surface area contributed by atoms with Crippen LogP contribution in [-0.2, 0) is 11.3 Å². The molecule has 1 saturated heterocycles. The molecule has 1 amide bonds. The Morgan fingerprint density at radius 3 is 2.68 bits per heavy atom. The van der Waals surface area contributed by atoms with Crippen LogP contribution < -0.4 is 15.0 Å². The van der Waals surface area contributed by atoms with E-state index in [9.17, 15) is 4.79 Å². The summed E-state index contributed by atoms with van der Waals surface area (Å²) in [6, 6.07) is 17.5. The summed E-state index contributed by atoms with van der Waals surface area (Å²) >= 11 is 6.07. The standard InChI is InChI=1S/C23H26ClN5O2/c1-31-21-8-3-2-7-20(21)28-13-11-27(12-14-28)17-23(30)26-22-9-10-25-29(22)16-18-5-4-6-19(24)15-18/h2-10,15H,11-14,16-17H2,1H3,(H,26,30). The summed E-state index contributed by atoms with van der Waals surface area (Å²) in [5, 5.41) is 8.00. The van der Waals surface area contributed by atoms with Crippen molar-refractivity contribution >= 4 is 29.0 Å². The van der Waals surface area contributed by atoms with E-state index in [1.165, 1.54) is 0 Å². The second kappa shape index (κ2) is 9.85. The van der Waals surface area contributed by atoms with Crippen LogP contribution in [0.25, 0.3) is 0 Å². The molecule has 8 heteroatoms. The third-order valence-electron chi connectivity index (χ3n) is 5.37. The molecule has 0 aliphatic carbocycles. The highest BCUT2D eigenvalue weighted by molar-refractivity contribution is 6.30. The van der Waals surface area contributed by atoms with Crippen LogP contribution in [0, 0.1) is 0 Å². The normalized spacial score (nSPS) is 14.5. The van der Waals surface area contributed by atoms with Gasteiger partial charge in [-0.1, -0.05) is 35.9 Å². The molecule has 0 radical (unpaired) electrons. The molecule has 1 aliphatic rings. The van der Waals surface area contributed by atoms with Crippen molar-refractivity contribution in [1.29, 1.82) is 0 Å². The van der Waals surface area contributed by atoms with Gasteiger partial charge in [0, 0.05) is 37.3 Å². The number of aromatic nitrogens is 2. The van der Waals surface area contributed by atoms with Gasteiger partial charge in [-0.15, -0.1) is 0 Å². The third-order valence-corrected chi connectivity index (χ3v) is 5.61. The highest BCUT2D eigenvalue weighted by Gasteiger charge is 2.21. The number of carbonyl (C=O) groups excluding carboxylic acids is 1. The molecule has 162 valence electrons. The van der Waals surface area contributed by atoms with Crippen molar-refractivity contribution in [3.63, 3.8) is 0 Å². The molecular formula is C23H26ClN5O2. The Labute approximate surface area is 187 Å². The van der Waals surface area contributed by atoms with Crippen molar-refractivity contribution in [2.45, 2.75) is 6.54 Å². The van der Waals surface area contributed by atoms with E-state index in [1.807, 2.05) is 48.5 Å². The second-order valence-electron chi connectivity index (χ2n) is 7.49. The number of rotatable bonds is 7. The predicted molar refractivity (Wildman–Crippen MR) is 123 cm³/mol. The van der Waals surface area contributed by atoms with E-state index in [0.29, 0.717) is 23.9 Å². The number of methoxy groups -OCH3 is 1. The smallest absolute Gasteiger partial charge is 0.239 e. The van der Waals surface area contributed by atoms with Crippen molar-refractivity contribution in [3.8, 4) is 5.75 Å².